The minimum Gasteiger partial charge on any atom is -0.462 e. The number of hydrogen-bond donors (Lipinski definition) is 7. The molecule has 3 aliphatic rings. The van der Waals surface area contributed by atoms with Gasteiger partial charge in [0.1, 0.15) is 55.1 Å². The summed E-state index contributed by atoms with van der Waals surface area (Å²) in [4.78, 5) is 52.4. The lowest BCUT2D eigenvalue weighted by Gasteiger charge is -2.45. The van der Waals surface area contributed by atoms with E-state index in [1.165, 1.54) is 26.0 Å². The fraction of sp³-hybridized carbons (Fsp3) is 0.591. The number of carbonyl (C=O) groups excluding carboxylic acids is 4. The molecule has 0 unspecified atom stereocenters. The van der Waals surface area contributed by atoms with Crippen molar-refractivity contribution >= 4 is 29.8 Å². The Morgan fingerprint density at radius 3 is 2.34 bits per heavy atom. The van der Waals surface area contributed by atoms with Gasteiger partial charge >= 0.3 is 11.9 Å². The van der Waals surface area contributed by atoms with Crippen LogP contribution in [0, 0.1) is 5.92 Å². The third-order valence-corrected chi connectivity index (χ3v) is 11.2. The molecule has 2 aromatic carbocycles. The Morgan fingerprint density at radius 1 is 0.919 bits per heavy atom. The van der Waals surface area contributed by atoms with E-state index in [0.29, 0.717) is 38.9 Å². The van der Waals surface area contributed by atoms with Gasteiger partial charge in [0.05, 0.1) is 12.6 Å². The number of carbonyl (C=O) groups is 4. The fourth-order valence-electron chi connectivity index (χ4n) is 7.34. The van der Waals surface area contributed by atoms with E-state index < -0.39 is 92.1 Å². The van der Waals surface area contributed by atoms with Crippen LogP contribution in [-0.2, 0) is 42.9 Å². The lowest BCUT2D eigenvalue weighted by atomic mass is 9.97. The highest BCUT2D eigenvalue weighted by Gasteiger charge is 2.51. The first-order valence-corrected chi connectivity index (χ1v) is 21.1. The molecule has 0 aromatic heterocycles. The summed E-state index contributed by atoms with van der Waals surface area (Å²) >= 11 is 0. The van der Waals surface area contributed by atoms with Crippen LogP contribution < -0.4 is 15.4 Å². The second-order valence-electron chi connectivity index (χ2n) is 15.9. The Bertz CT molecular complexity index is 1780. The van der Waals surface area contributed by atoms with Crippen molar-refractivity contribution in [2.45, 2.75) is 127 Å². The highest BCUT2D eigenvalue weighted by molar-refractivity contribution is 5.87. The standard InChI is InChI=1S/C44H61N3O15/c1-5-25(2)42(56)47-21-9-19-46-34(49)22-32(45-20-18-31(23-47)59-27(4)48)29-13-15-30(16-14-29)60-44-41(39(54)36(51)26(3)58-44)62-43-40(55)38(53)37(52)33(61-43)24-57-35(50)17-12-28-10-7-6-8-11-28/h6-8,10-17,25-26,31-33,36-41,43-45,51-55H,5,9,18-24H2,1-4H3,(H,46,49)/t25-,26-,31+,32-,33+,36-,37+,38-,39+,40+,41+,43-,44-/m0/s1. The second-order valence-corrected chi connectivity index (χ2v) is 15.9. The first-order chi connectivity index (χ1) is 29.6. The van der Waals surface area contributed by atoms with Gasteiger partial charge in [-0.15, -0.1) is 0 Å². The Morgan fingerprint density at radius 2 is 1.65 bits per heavy atom. The molecule has 18 heteroatoms. The minimum atomic E-state index is -1.84. The zero-order chi connectivity index (χ0) is 44.9. The molecular weight excluding hydrogens is 810 g/mol. The van der Waals surface area contributed by atoms with Crippen molar-refractivity contribution in [1.82, 2.24) is 15.5 Å². The van der Waals surface area contributed by atoms with Crippen LogP contribution in [0.1, 0.15) is 70.5 Å². The second kappa shape index (κ2) is 23.3. The molecule has 0 aliphatic carbocycles. The van der Waals surface area contributed by atoms with Crippen LogP contribution in [0.25, 0.3) is 6.08 Å². The number of ether oxygens (including phenoxy) is 6. The number of aliphatic hydroxyl groups excluding tert-OH is 5. The topological polar surface area (TPSA) is 252 Å². The van der Waals surface area contributed by atoms with Crippen LogP contribution >= 0.6 is 0 Å². The van der Waals surface area contributed by atoms with Crippen LogP contribution in [0.4, 0.5) is 0 Å². The van der Waals surface area contributed by atoms with Crippen molar-refractivity contribution in [2.24, 2.45) is 5.92 Å². The summed E-state index contributed by atoms with van der Waals surface area (Å²) in [6, 6.07) is 15.2. The summed E-state index contributed by atoms with van der Waals surface area (Å²) in [6.07, 6.45) is -11.6. The molecular formula is C44H61N3O15. The summed E-state index contributed by atoms with van der Waals surface area (Å²) in [5.74, 6) is -1.42. The maximum atomic E-state index is 13.2. The van der Waals surface area contributed by atoms with Gasteiger partial charge in [-0.3, -0.25) is 14.4 Å². The minimum absolute atomic E-state index is 0.0362. The Kier molecular flexibility index (Phi) is 18.2. The fourth-order valence-corrected chi connectivity index (χ4v) is 7.34. The van der Waals surface area contributed by atoms with Gasteiger partial charge in [0.2, 0.25) is 18.1 Å². The Labute approximate surface area is 361 Å². The number of hydrogen-bond acceptors (Lipinski definition) is 16. The molecule has 0 saturated carbocycles. The molecule has 3 aliphatic heterocycles. The third kappa shape index (κ3) is 13.5. The molecule has 0 spiro atoms. The van der Waals surface area contributed by atoms with E-state index in [0.717, 1.165) is 11.1 Å². The maximum absolute atomic E-state index is 13.2. The SMILES string of the molecule is CC[C@H](C)C(=O)N1CCCNC(=O)C[C@@H](c2ccc(O[C@@H]3O[C@@H](C)[C@H](O)[C@@H](O)[C@H]3O[C@@H]3O[C@H](COC(=O)C=Cc4ccccc4)[C@@H](O)[C@H](O)[C@H]3O)cc2)NCC[C@@H](OC(C)=O)C1. The quantitative estimate of drug-likeness (QED) is 0.115. The Hall–Kier alpha value is -4.50. The number of rotatable bonds is 12. The molecule has 7 N–H and O–H groups in total. The average Bonchev–Trinajstić information content (AvgIpc) is 3.27. The molecule has 13 atom stereocenters. The van der Waals surface area contributed by atoms with Gasteiger partial charge in [-0.25, -0.2) is 4.79 Å². The van der Waals surface area contributed by atoms with Crippen molar-refractivity contribution in [3.8, 4) is 5.75 Å². The van der Waals surface area contributed by atoms with Crippen LogP contribution in [0.15, 0.2) is 60.7 Å². The summed E-state index contributed by atoms with van der Waals surface area (Å²) in [6.45, 7) is 7.43. The van der Waals surface area contributed by atoms with Crippen LogP contribution in [0.5, 0.6) is 5.75 Å². The normalized spacial score (nSPS) is 32.0. The van der Waals surface area contributed by atoms with Crippen molar-refractivity contribution in [1.29, 1.82) is 0 Å². The van der Waals surface area contributed by atoms with Gasteiger partial charge in [0.15, 0.2) is 12.4 Å². The van der Waals surface area contributed by atoms with E-state index in [9.17, 15) is 44.7 Å². The monoisotopic (exact) mass is 871 g/mol. The van der Waals surface area contributed by atoms with Crippen LogP contribution in [-0.4, -0.2) is 154 Å². The van der Waals surface area contributed by atoms with Crippen molar-refractivity contribution in [3.05, 3.63) is 71.8 Å². The molecule has 18 nitrogen and oxygen atoms in total. The molecule has 2 aromatic rings. The lowest BCUT2D eigenvalue weighted by molar-refractivity contribution is -0.355. The first kappa shape index (κ1) is 48.5. The summed E-state index contributed by atoms with van der Waals surface area (Å²) < 4.78 is 34.5. The van der Waals surface area contributed by atoms with Crippen LogP contribution in [0.3, 0.4) is 0 Å². The van der Waals surface area contributed by atoms with Crippen molar-refractivity contribution < 1.29 is 73.1 Å². The third-order valence-electron chi connectivity index (χ3n) is 11.2. The molecule has 3 fully saturated rings. The molecule has 342 valence electrons. The number of esters is 2. The predicted molar refractivity (Wildman–Crippen MR) is 221 cm³/mol. The molecule has 0 bridgehead atoms. The van der Waals surface area contributed by atoms with E-state index in [1.807, 2.05) is 19.9 Å². The number of aliphatic hydroxyl groups is 5. The Balaban J connectivity index is 1.25. The summed E-state index contributed by atoms with van der Waals surface area (Å²) in [7, 11) is 0. The van der Waals surface area contributed by atoms with E-state index in [-0.39, 0.29) is 36.4 Å². The van der Waals surface area contributed by atoms with Gasteiger partial charge in [-0.2, -0.15) is 0 Å². The average molecular weight is 872 g/mol. The van der Waals surface area contributed by atoms with Gasteiger partial charge in [-0.1, -0.05) is 56.3 Å². The van der Waals surface area contributed by atoms with Crippen LogP contribution in [0.2, 0.25) is 0 Å². The smallest absolute Gasteiger partial charge is 0.330 e. The molecule has 3 heterocycles. The zero-order valence-corrected chi connectivity index (χ0v) is 35.5. The maximum Gasteiger partial charge on any atom is 0.330 e. The molecule has 62 heavy (non-hydrogen) atoms. The first-order valence-electron chi connectivity index (χ1n) is 21.1. The molecule has 2 amide bonds. The number of benzene rings is 2. The number of nitrogens with zero attached hydrogens (tertiary/aromatic N) is 1. The highest BCUT2D eigenvalue weighted by atomic mass is 16.8. The van der Waals surface area contributed by atoms with E-state index in [2.05, 4.69) is 10.6 Å². The van der Waals surface area contributed by atoms with Crippen molar-refractivity contribution in [3.63, 3.8) is 0 Å². The van der Waals surface area contributed by atoms with E-state index in [4.69, 9.17) is 28.4 Å². The molecule has 3 saturated heterocycles. The van der Waals surface area contributed by atoms with Gasteiger partial charge in [0.25, 0.3) is 0 Å². The van der Waals surface area contributed by atoms with E-state index in [1.54, 1.807) is 53.4 Å². The number of nitrogens with one attached hydrogen (secondary N) is 2. The largest absolute Gasteiger partial charge is 0.462 e. The van der Waals surface area contributed by atoms with Gasteiger partial charge in [-0.05, 0) is 62.1 Å². The van der Waals surface area contributed by atoms with Gasteiger partial charge in [0, 0.05) is 44.5 Å². The molecule has 0 radical (unpaired) electrons. The van der Waals surface area contributed by atoms with Gasteiger partial charge < -0.3 is 69.5 Å². The predicted octanol–water partition coefficient (Wildman–Crippen LogP) is 0.719. The summed E-state index contributed by atoms with van der Waals surface area (Å²) in [5, 5.41) is 60.4. The number of amides is 2. The lowest BCUT2D eigenvalue weighted by Crippen LogP contribution is -2.64. The molecule has 5 rings (SSSR count). The zero-order valence-electron chi connectivity index (χ0n) is 35.5. The van der Waals surface area contributed by atoms with Crippen molar-refractivity contribution in [2.75, 3.05) is 32.8 Å². The van der Waals surface area contributed by atoms with E-state index >= 15 is 0 Å². The summed E-state index contributed by atoms with van der Waals surface area (Å²) in [5.41, 5.74) is 1.47. The highest BCUT2D eigenvalue weighted by Crippen LogP contribution is 2.31.